The van der Waals surface area contributed by atoms with Gasteiger partial charge in [-0.1, -0.05) is 12.1 Å². The minimum absolute atomic E-state index is 0.0621. The molecule has 0 bridgehead atoms. The van der Waals surface area contributed by atoms with Crippen LogP contribution in [0.1, 0.15) is 5.69 Å². The molecule has 0 saturated heterocycles. The lowest BCUT2D eigenvalue weighted by molar-refractivity contribution is 0.278. The van der Waals surface area contributed by atoms with Gasteiger partial charge >= 0.3 is 0 Å². The Kier molecular flexibility index (Phi) is 2.69. The van der Waals surface area contributed by atoms with Crippen molar-refractivity contribution in [1.82, 2.24) is 9.97 Å². The third-order valence-electron chi connectivity index (χ3n) is 2.24. The van der Waals surface area contributed by atoms with Crippen LogP contribution in [0.4, 0.5) is 0 Å². The Morgan fingerprint density at radius 2 is 2.20 bits per heavy atom. The normalized spacial score (nSPS) is 10.3. The number of rotatable bonds is 3. The fourth-order valence-corrected chi connectivity index (χ4v) is 1.51. The van der Waals surface area contributed by atoms with E-state index in [0.29, 0.717) is 5.69 Å². The SMILES string of the molecule is COc1ccccc1-c1nc[nH]c1CO. The first-order valence-electron chi connectivity index (χ1n) is 4.63. The van der Waals surface area contributed by atoms with Crippen molar-refractivity contribution in [3.8, 4) is 17.0 Å². The molecule has 2 rings (SSSR count). The molecule has 0 fully saturated rings. The Morgan fingerprint density at radius 1 is 1.40 bits per heavy atom. The molecule has 0 aliphatic heterocycles. The van der Waals surface area contributed by atoms with E-state index < -0.39 is 0 Å². The number of aromatic nitrogens is 2. The van der Waals surface area contributed by atoms with Gasteiger partial charge in [0.15, 0.2) is 0 Å². The zero-order valence-electron chi connectivity index (χ0n) is 8.40. The van der Waals surface area contributed by atoms with Crippen molar-refractivity contribution in [3.05, 3.63) is 36.3 Å². The summed E-state index contributed by atoms with van der Waals surface area (Å²) in [6.45, 7) is -0.0621. The molecule has 78 valence electrons. The number of methoxy groups -OCH3 is 1. The van der Waals surface area contributed by atoms with Crippen molar-refractivity contribution < 1.29 is 9.84 Å². The van der Waals surface area contributed by atoms with E-state index in [2.05, 4.69) is 9.97 Å². The Hall–Kier alpha value is -1.81. The minimum Gasteiger partial charge on any atom is -0.496 e. The van der Waals surface area contributed by atoms with Gasteiger partial charge in [-0.25, -0.2) is 4.98 Å². The van der Waals surface area contributed by atoms with Crippen molar-refractivity contribution in [2.75, 3.05) is 7.11 Å². The predicted molar refractivity (Wildman–Crippen MR) is 56.5 cm³/mol. The summed E-state index contributed by atoms with van der Waals surface area (Å²) in [4.78, 5) is 7.06. The number of H-pyrrole nitrogens is 1. The van der Waals surface area contributed by atoms with Crippen LogP contribution < -0.4 is 4.74 Å². The van der Waals surface area contributed by atoms with Crippen LogP contribution in [-0.4, -0.2) is 22.2 Å². The number of benzene rings is 1. The molecule has 0 unspecified atom stereocenters. The van der Waals surface area contributed by atoms with Gasteiger partial charge in [0.1, 0.15) is 5.75 Å². The Balaban J connectivity index is 2.53. The Labute approximate surface area is 87.6 Å². The van der Waals surface area contributed by atoms with E-state index in [1.54, 1.807) is 13.4 Å². The van der Waals surface area contributed by atoms with E-state index in [-0.39, 0.29) is 6.61 Å². The number of imidazole rings is 1. The van der Waals surface area contributed by atoms with Crippen LogP contribution >= 0.6 is 0 Å². The zero-order valence-corrected chi connectivity index (χ0v) is 8.40. The van der Waals surface area contributed by atoms with Crippen molar-refractivity contribution in [3.63, 3.8) is 0 Å². The monoisotopic (exact) mass is 204 g/mol. The quantitative estimate of drug-likeness (QED) is 0.798. The molecule has 15 heavy (non-hydrogen) atoms. The molecule has 1 aromatic carbocycles. The second-order valence-corrected chi connectivity index (χ2v) is 3.09. The third kappa shape index (κ3) is 1.71. The number of ether oxygens (including phenoxy) is 1. The van der Waals surface area contributed by atoms with Crippen LogP contribution in [0.25, 0.3) is 11.3 Å². The lowest BCUT2D eigenvalue weighted by atomic mass is 10.1. The standard InChI is InChI=1S/C11H12N2O2/c1-15-10-5-3-2-4-8(10)11-9(6-14)12-7-13-11/h2-5,7,14H,6H2,1H3,(H,12,13). The van der Waals surface area contributed by atoms with Crippen LogP contribution in [0.2, 0.25) is 0 Å². The molecule has 0 aliphatic carbocycles. The number of aliphatic hydroxyl groups excluding tert-OH is 1. The molecule has 2 aromatic rings. The maximum absolute atomic E-state index is 9.12. The molecule has 0 aliphatic rings. The second kappa shape index (κ2) is 4.14. The number of aliphatic hydroxyl groups is 1. The van der Waals surface area contributed by atoms with Gasteiger partial charge in [0.2, 0.25) is 0 Å². The Morgan fingerprint density at radius 3 is 2.93 bits per heavy atom. The number of nitrogens with zero attached hydrogens (tertiary/aromatic N) is 1. The highest BCUT2D eigenvalue weighted by Crippen LogP contribution is 2.29. The minimum atomic E-state index is -0.0621. The summed E-state index contributed by atoms with van der Waals surface area (Å²) in [6, 6.07) is 7.58. The van der Waals surface area contributed by atoms with Crippen LogP contribution in [0.3, 0.4) is 0 Å². The summed E-state index contributed by atoms with van der Waals surface area (Å²) in [5.41, 5.74) is 2.31. The van der Waals surface area contributed by atoms with Crippen LogP contribution in [-0.2, 0) is 6.61 Å². The maximum atomic E-state index is 9.12. The fourth-order valence-electron chi connectivity index (χ4n) is 1.51. The first kappa shape index (κ1) is 9.73. The van der Waals surface area contributed by atoms with E-state index in [1.165, 1.54) is 0 Å². The van der Waals surface area contributed by atoms with Gasteiger partial charge < -0.3 is 14.8 Å². The first-order chi connectivity index (χ1) is 7.36. The summed E-state index contributed by atoms with van der Waals surface area (Å²) < 4.78 is 5.23. The van der Waals surface area contributed by atoms with Gasteiger partial charge in [-0.3, -0.25) is 0 Å². The van der Waals surface area contributed by atoms with Gasteiger partial charge in [0, 0.05) is 5.56 Å². The number of aromatic amines is 1. The zero-order chi connectivity index (χ0) is 10.7. The molecular formula is C11H12N2O2. The summed E-state index contributed by atoms with van der Waals surface area (Å²) in [5, 5.41) is 9.12. The molecule has 2 N–H and O–H groups in total. The first-order valence-corrected chi connectivity index (χ1v) is 4.63. The topological polar surface area (TPSA) is 58.1 Å². The molecule has 1 aromatic heterocycles. The van der Waals surface area contributed by atoms with Crippen molar-refractivity contribution in [1.29, 1.82) is 0 Å². The summed E-state index contributed by atoms with van der Waals surface area (Å²) in [6.07, 6.45) is 1.56. The Bertz CT molecular complexity index is 451. The highest BCUT2D eigenvalue weighted by Gasteiger charge is 2.11. The van der Waals surface area contributed by atoms with Crippen molar-refractivity contribution >= 4 is 0 Å². The number of hydrogen-bond acceptors (Lipinski definition) is 3. The van der Waals surface area contributed by atoms with Crippen LogP contribution in [0, 0.1) is 0 Å². The second-order valence-electron chi connectivity index (χ2n) is 3.09. The van der Waals surface area contributed by atoms with Crippen molar-refractivity contribution in [2.45, 2.75) is 6.61 Å². The third-order valence-corrected chi connectivity index (χ3v) is 2.24. The molecule has 0 spiro atoms. The highest BCUT2D eigenvalue weighted by atomic mass is 16.5. The lowest BCUT2D eigenvalue weighted by Crippen LogP contribution is -1.91. The average Bonchev–Trinajstić information content (AvgIpc) is 2.76. The number of hydrogen-bond donors (Lipinski definition) is 2. The number of para-hydroxylation sites is 1. The molecule has 0 radical (unpaired) electrons. The largest absolute Gasteiger partial charge is 0.496 e. The molecular weight excluding hydrogens is 192 g/mol. The molecule has 4 nitrogen and oxygen atoms in total. The van der Waals surface area contributed by atoms with Gasteiger partial charge in [0.25, 0.3) is 0 Å². The van der Waals surface area contributed by atoms with Crippen molar-refractivity contribution in [2.24, 2.45) is 0 Å². The van der Waals surface area contributed by atoms with Gasteiger partial charge in [-0.2, -0.15) is 0 Å². The fraction of sp³-hybridized carbons (Fsp3) is 0.182. The molecule has 0 saturated carbocycles. The summed E-state index contributed by atoms with van der Waals surface area (Å²) in [7, 11) is 1.62. The van der Waals surface area contributed by atoms with E-state index in [9.17, 15) is 0 Å². The number of nitrogens with one attached hydrogen (secondary N) is 1. The van der Waals surface area contributed by atoms with Gasteiger partial charge in [-0.05, 0) is 12.1 Å². The van der Waals surface area contributed by atoms with Crippen LogP contribution in [0.5, 0.6) is 5.75 Å². The van der Waals surface area contributed by atoms with E-state index in [0.717, 1.165) is 17.0 Å². The molecule has 0 atom stereocenters. The summed E-state index contributed by atoms with van der Waals surface area (Å²) >= 11 is 0. The highest BCUT2D eigenvalue weighted by molar-refractivity contribution is 5.68. The molecule has 1 heterocycles. The molecule has 4 heteroatoms. The van der Waals surface area contributed by atoms with E-state index >= 15 is 0 Å². The summed E-state index contributed by atoms with van der Waals surface area (Å²) in [5.74, 6) is 0.749. The van der Waals surface area contributed by atoms with Gasteiger partial charge in [-0.15, -0.1) is 0 Å². The predicted octanol–water partition coefficient (Wildman–Crippen LogP) is 1.58. The molecule has 0 amide bonds. The average molecular weight is 204 g/mol. The maximum Gasteiger partial charge on any atom is 0.128 e. The van der Waals surface area contributed by atoms with Crippen LogP contribution in [0.15, 0.2) is 30.6 Å². The van der Waals surface area contributed by atoms with Gasteiger partial charge in [0.05, 0.1) is 31.4 Å². The lowest BCUT2D eigenvalue weighted by Gasteiger charge is -2.06. The van der Waals surface area contributed by atoms with E-state index in [1.807, 2.05) is 24.3 Å². The smallest absolute Gasteiger partial charge is 0.128 e. The van der Waals surface area contributed by atoms with E-state index in [4.69, 9.17) is 9.84 Å².